The van der Waals surface area contributed by atoms with Gasteiger partial charge in [0.05, 0.1) is 5.56 Å². The molecule has 28 heavy (non-hydrogen) atoms. The van der Waals surface area contributed by atoms with Gasteiger partial charge in [0, 0.05) is 26.6 Å². The van der Waals surface area contributed by atoms with Crippen molar-refractivity contribution in [2.45, 2.75) is 16.7 Å². The summed E-state index contributed by atoms with van der Waals surface area (Å²) >= 11 is 1.40. The van der Waals surface area contributed by atoms with E-state index in [9.17, 15) is 4.79 Å². The lowest BCUT2D eigenvalue weighted by Crippen LogP contribution is -2.11. The number of rotatable bonds is 4. The van der Waals surface area contributed by atoms with Gasteiger partial charge in [-0.3, -0.25) is 10.2 Å². The average Bonchev–Trinajstić information content (AvgIpc) is 2.67. The highest BCUT2D eigenvalue weighted by molar-refractivity contribution is 7.99. The van der Waals surface area contributed by atoms with Gasteiger partial charge in [0.15, 0.2) is 0 Å². The third-order valence-electron chi connectivity index (χ3n) is 4.06. The molecule has 0 radical (unpaired) electrons. The monoisotopic (exact) mass is 385 g/mol. The molecular weight excluding hydrogens is 366 g/mol. The van der Waals surface area contributed by atoms with Gasteiger partial charge >= 0.3 is 0 Å². The van der Waals surface area contributed by atoms with Crippen molar-refractivity contribution in [3.8, 4) is 11.8 Å². The molecule has 0 heterocycles. The summed E-state index contributed by atoms with van der Waals surface area (Å²) in [6, 6.07) is 20.4. The number of carbonyl (C=O) groups is 1. The van der Waals surface area contributed by atoms with Crippen LogP contribution in [0.25, 0.3) is 0 Å². The maximum absolute atomic E-state index is 11.6. The normalized spacial score (nSPS) is 10.0. The van der Waals surface area contributed by atoms with Crippen LogP contribution in [0.4, 0.5) is 5.69 Å². The van der Waals surface area contributed by atoms with E-state index < -0.39 is 5.91 Å². The molecule has 0 bridgehead atoms. The highest BCUT2D eigenvalue weighted by Crippen LogP contribution is 2.32. The molecule has 1 amide bonds. The van der Waals surface area contributed by atoms with Gasteiger partial charge in [-0.15, -0.1) is 0 Å². The fraction of sp³-hybridized carbons (Fsp3) is 0.0435. The van der Waals surface area contributed by atoms with Crippen LogP contribution in [-0.4, -0.2) is 11.6 Å². The number of nitrogen functional groups attached to an aromatic ring is 1. The largest absolute Gasteiger partial charge is 0.398 e. The Morgan fingerprint density at radius 3 is 2.39 bits per heavy atom. The van der Waals surface area contributed by atoms with Crippen molar-refractivity contribution in [1.29, 1.82) is 5.41 Å². The molecule has 3 aromatic rings. The molecule has 3 aromatic carbocycles. The molecule has 0 unspecified atom stereocenters. The van der Waals surface area contributed by atoms with Crippen LogP contribution in [0.15, 0.2) is 76.5 Å². The van der Waals surface area contributed by atoms with E-state index in [1.54, 1.807) is 24.3 Å². The van der Waals surface area contributed by atoms with Gasteiger partial charge in [-0.05, 0) is 55.3 Å². The predicted molar refractivity (Wildman–Crippen MR) is 115 cm³/mol. The first-order valence-electron chi connectivity index (χ1n) is 8.58. The number of benzene rings is 3. The summed E-state index contributed by atoms with van der Waals surface area (Å²) in [5.41, 5.74) is 15.3. The Balaban J connectivity index is 1.80. The van der Waals surface area contributed by atoms with Gasteiger partial charge in [-0.2, -0.15) is 0 Å². The molecular formula is C23H19N3OS. The lowest BCUT2D eigenvalue weighted by Gasteiger charge is -2.09. The molecule has 5 N–H and O–H groups in total. The average molecular weight is 385 g/mol. The van der Waals surface area contributed by atoms with E-state index in [4.69, 9.17) is 16.9 Å². The Labute approximate surface area is 168 Å². The number of nitrogens with one attached hydrogen (secondary N) is 1. The number of hydrogen-bond acceptors (Lipinski definition) is 4. The first-order chi connectivity index (χ1) is 13.4. The summed E-state index contributed by atoms with van der Waals surface area (Å²) < 4.78 is 0. The maximum Gasteiger partial charge on any atom is 0.249 e. The summed E-state index contributed by atoms with van der Waals surface area (Å²) in [4.78, 5) is 13.2. The second kappa shape index (κ2) is 8.47. The zero-order valence-corrected chi connectivity index (χ0v) is 16.1. The second-order valence-corrected chi connectivity index (χ2v) is 7.32. The molecule has 0 fully saturated rings. The fourth-order valence-electron chi connectivity index (χ4n) is 2.56. The first kappa shape index (κ1) is 19.3. The Morgan fingerprint density at radius 1 is 1.00 bits per heavy atom. The Hall–Kier alpha value is -3.49. The van der Waals surface area contributed by atoms with Crippen molar-refractivity contribution in [2.75, 3.05) is 5.73 Å². The molecule has 138 valence electrons. The number of nitrogens with two attached hydrogens (primary N) is 2. The highest BCUT2D eigenvalue weighted by atomic mass is 32.2. The zero-order valence-electron chi connectivity index (χ0n) is 15.3. The smallest absolute Gasteiger partial charge is 0.249 e. The highest BCUT2D eigenvalue weighted by Gasteiger charge is 2.10. The predicted octanol–water partition coefficient (Wildman–Crippen LogP) is 4.25. The van der Waals surface area contributed by atoms with Gasteiger partial charge in [0.1, 0.15) is 5.71 Å². The molecule has 3 rings (SSSR count). The minimum absolute atomic E-state index is 0.159. The van der Waals surface area contributed by atoms with Crippen LogP contribution in [-0.2, 0) is 0 Å². The molecule has 0 saturated heterocycles. The van der Waals surface area contributed by atoms with Crippen molar-refractivity contribution < 1.29 is 4.79 Å². The number of carbonyl (C=O) groups excluding carboxylic acids is 1. The van der Waals surface area contributed by atoms with Gasteiger partial charge < -0.3 is 11.5 Å². The third kappa shape index (κ3) is 4.61. The van der Waals surface area contributed by atoms with E-state index in [-0.39, 0.29) is 5.71 Å². The number of aryl methyl sites for hydroxylation is 1. The molecule has 0 saturated carbocycles. The summed E-state index contributed by atoms with van der Waals surface area (Å²) in [6.45, 7) is 2.02. The van der Waals surface area contributed by atoms with Crippen LogP contribution in [0.3, 0.4) is 0 Å². The number of hydrogen-bond donors (Lipinski definition) is 3. The van der Waals surface area contributed by atoms with Gasteiger partial charge in [-0.25, -0.2) is 0 Å². The van der Waals surface area contributed by atoms with E-state index in [1.807, 2.05) is 49.4 Å². The van der Waals surface area contributed by atoms with Crippen LogP contribution < -0.4 is 11.5 Å². The Morgan fingerprint density at radius 2 is 1.71 bits per heavy atom. The van der Waals surface area contributed by atoms with Gasteiger partial charge in [0.2, 0.25) is 5.91 Å². The van der Waals surface area contributed by atoms with Crippen molar-refractivity contribution in [1.82, 2.24) is 0 Å². The summed E-state index contributed by atoms with van der Waals surface area (Å²) in [5.74, 6) is 5.37. The third-order valence-corrected chi connectivity index (χ3v) is 5.12. The molecule has 0 aliphatic rings. The maximum atomic E-state index is 11.6. The van der Waals surface area contributed by atoms with Gasteiger partial charge in [-0.1, -0.05) is 47.5 Å². The lowest BCUT2D eigenvalue weighted by molar-refractivity contribution is 0.0997. The molecule has 0 atom stereocenters. The SMILES string of the molecule is Cc1ccc(C#CC(=N)c2ccc(Sc3ccccc3C(N)=O)cc2N)cc1. The number of anilines is 1. The minimum atomic E-state index is -0.471. The van der Waals surface area contributed by atoms with Crippen LogP contribution in [0, 0.1) is 24.2 Å². The standard InChI is InChI=1S/C23H19N3OS/c1-15-6-8-16(9-7-15)10-13-20(24)18-12-11-17(14-21(18)25)28-22-5-3-2-4-19(22)23(26)27/h2-9,11-12,14,24H,25H2,1H3,(H2,26,27). The fourth-order valence-corrected chi connectivity index (χ4v) is 3.56. The molecule has 0 aliphatic carbocycles. The zero-order chi connectivity index (χ0) is 20.1. The molecule has 0 aromatic heterocycles. The van der Waals surface area contributed by atoms with E-state index in [0.717, 1.165) is 20.9 Å². The number of amides is 1. The van der Waals surface area contributed by atoms with Crippen LogP contribution in [0.1, 0.15) is 27.0 Å². The van der Waals surface area contributed by atoms with Crippen molar-refractivity contribution in [2.24, 2.45) is 5.73 Å². The Bertz CT molecular complexity index is 1110. The second-order valence-electron chi connectivity index (χ2n) is 6.20. The van der Waals surface area contributed by atoms with Crippen LogP contribution in [0.2, 0.25) is 0 Å². The molecule has 0 aliphatic heterocycles. The minimum Gasteiger partial charge on any atom is -0.398 e. The van der Waals surface area contributed by atoms with E-state index in [2.05, 4.69) is 11.8 Å². The first-order valence-corrected chi connectivity index (χ1v) is 9.39. The van der Waals surface area contributed by atoms with Crippen molar-refractivity contribution >= 4 is 29.1 Å². The van der Waals surface area contributed by atoms with Crippen LogP contribution in [0.5, 0.6) is 0 Å². The van der Waals surface area contributed by atoms with E-state index in [0.29, 0.717) is 16.8 Å². The molecule has 4 nitrogen and oxygen atoms in total. The van der Waals surface area contributed by atoms with E-state index >= 15 is 0 Å². The lowest BCUT2D eigenvalue weighted by atomic mass is 10.1. The topological polar surface area (TPSA) is 93.0 Å². The quantitative estimate of drug-likeness (QED) is 0.356. The molecule has 0 spiro atoms. The van der Waals surface area contributed by atoms with E-state index in [1.165, 1.54) is 11.8 Å². The van der Waals surface area contributed by atoms with Crippen molar-refractivity contribution in [3.05, 3.63) is 89.0 Å². The number of primary amides is 1. The summed E-state index contributed by atoms with van der Waals surface area (Å²) in [6.07, 6.45) is 0. The van der Waals surface area contributed by atoms with Crippen LogP contribution >= 0.6 is 11.8 Å². The summed E-state index contributed by atoms with van der Waals surface area (Å²) in [5, 5.41) is 8.22. The van der Waals surface area contributed by atoms with Crippen molar-refractivity contribution in [3.63, 3.8) is 0 Å². The molecule has 5 heteroatoms. The Kier molecular flexibility index (Phi) is 5.83. The summed E-state index contributed by atoms with van der Waals surface area (Å²) in [7, 11) is 0. The van der Waals surface area contributed by atoms with Gasteiger partial charge in [0.25, 0.3) is 0 Å².